The number of hydrogen-bond acceptors (Lipinski definition) is 21. The van der Waals surface area contributed by atoms with Crippen LogP contribution in [0.3, 0.4) is 0 Å². The molecule has 4 saturated heterocycles. The Morgan fingerprint density at radius 1 is 0.333 bits per heavy atom. The molecule has 21 nitrogen and oxygen atoms in total. The zero-order valence-electron chi connectivity index (χ0n) is 23.5. The smallest absolute Gasteiger partial charge is 0.187 e. The topological polar surface area (TPSA) is 348 Å². The van der Waals surface area contributed by atoms with Crippen LogP contribution in [-0.4, -0.2) is 221 Å². The second-order valence-electron chi connectivity index (χ2n) is 11.1. The van der Waals surface area contributed by atoms with Crippen molar-refractivity contribution in [3.63, 3.8) is 0 Å². The van der Waals surface area contributed by atoms with Crippen molar-refractivity contribution < 1.29 is 105 Å². The highest BCUT2D eigenvalue weighted by Gasteiger charge is 2.55. The molecular weight excluding hydrogens is 624 g/mol. The first-order chi connectivity index (χ1) is 21.3. The van der Waals surface area contributed by atoms with Gasteiger partial charge in [-0.25, -0.2) is 0 Å². The van der Waals surface area contributed by atoms with Crippen molar-refractivity contribution in [2.24, 2.45) is 0 Å². The van der Waals surface area contributed by atoms with Crippen molar-refractivity contribution in [3.8, 4) is 0 Å². The van der Waals surface area contributed by atoms with Crippen LogP contribution in [0, 0.1) is 0 Å². The summed E-state index contributed by atoms with van der Waals surface area (Å²) < 4.78 is 37.5. The summed E-state index contributed by atoms with van der Waals surface area (Å²) in [6.45, 7) is -3.42. The standard InChI is InChI=1S/C24H42O21/c25-1-5-9(29)13(33)14(34)22(40-5)44-19-11(31)7(3-27)42-24(16(19)36)45-20-12(32)8(4-28)41-23(17(20)37)43-18-10(30)6(2-26)39-21(38)15(18)35/h5-38H,1-4H2/t5-,6-,7-,8-,9-,10-,11-,12-,13+,14+,15+,16+,17+,18+,19+,20+,21+,22-,23-,24-/m1/s1. The molecule has 0 bridgehead atoms. The van der Waals surface area contributed by atoms with Crippen LogP contribution in [0.4, 0.5) is 0 Å². The van der Waals surface area contributed by atoms with E-state index in [1.165, 1.54) is 0 Å². The third-order valence-electron chi connectivity index (χ3n) is 8.21. The largest absolute Gasteiger partial charge is 0.394 e. The zero-order chi connectivity index (χ0) is 33.3. The van der Waals surface area contributed by atoms with Gasteiger partial charge in [-0.1, -0.05) is 0 Å². The molecule has 0 spiro atoms. The van der Waals surface area contributed by atoms with E-state index in [4.69, 9.17) is 33.2 Å². The maximum atomic E-state index is 11.1. The molecule has 0 unspecified atom stereocenters. The Labute approximate surface area is 254 Å². The van der Waals surface area contributed by atoms with Crippen molar-refractivity contribution >= 4 is 0 Å². The van der Waals surface area contributed by atoms with Gasteiger partial charge in [-0.2, -0.15) is 0 Å². The fourth-order valence-corrected chi connectivity index (χ4v) is 5.53. The number of aliphatic hydroxyl groups is 14. The van der Waals surface area contributed by atoms with E-state index in [1.807, 2.05) is 0 Å². The molecule has 0 saturated carbocycles. The minimum Gasteiger partial charge on any atom is -0.394 e. The number of rotatable bonds is 10. The quantitative estimate of drug-likeness (QED) is 0.103. The third kappa shape index (κ3) is 7.44. The molecule has 0 aromatic rings. The maximum Gasteiger partial charge on any atom is 0.187 e. The van der Waals surface area contributed by atoms with E-state index in [0.29, 0.717) is 0 Å². The molecule has 4 fully saturated rings. The maximum absolute atomic E-state index is 11.1. The summed E-state index contributed by atoms with van der Waals surface area (Å²) in [6.07, 6.45) is -36.1. The van der Waals surface area contributed by atoms with Crippen molar-refractivity contribution in [2.45, 2.75) is 123 Å². The molecule has 4 aliphatic heterocycles. The van der Waals surface area contributed by atoms with E-state index < -0.39 is 149 Å². The Bertz CT molecular complexity index is 916. The monoisotopic (exact) mass is 666 g/mol. The fourth-order valence-electron chi connectivity index (χ4n) is 5.53. The summed E-state index contributed by atoms with van der Waals surface area (Å²) in [5, 5.41) is 143. The van der Waals surface area contributed by atoms with Crippen LogP contribution in [-0.2, 0) is 33.2 Å². The molecule has 0 aromatic heterocycles. The van der Waals surface area contributed by atoms with E-state index >= 15 is 0 Å². The number of hydrogen-bond donors (Lipinski definition) is 14. The first-order valence-electron chi connectivity index (χ1n) is 14.1. The average Bonchev–Trinajstić information content (AvgIpc) is 3.02. The number of aliphatic hydroxyl groups excluding tert-OH is 14. The van der Waals surface area contributed by atoms with Gasteiger partial charge in [0.25, 0.3) is 0 Å². The molecule has 14 N–H and O–H groups in total. The van der Waals surface area contributed by atoms with Gasteiger partial charge in [0, 0.05) is 0 Å². The fraction of sp³-hybridized carbons (Fsp3) is 1.00. The molecule has 264 valence electrons. The SMILES string of the molecule is OC[C@H]1O[C@H](O[C@@H]2[C@H](O)[C@@H](O[C@@H]3[C@H](O)[C@@H](O[C@@H]4[C@H](O)[C@@H](O)O[C@H](CO)[C@H]4O)O[C@H](CO)[C@H]3O)O[C@H](CO)[C@H]2O)[C@@H](O)[C@@H](O)[C@@H]1O. The summed E-state index contributed by atoms with van der Waals surface area (Å²) in [5.41, 5.74) is 0. The van der Waals surface area contributed by atoms with Crippen molar-refractivity contribution in [1.29, 1.82) is 0 Å². The van der Waals surface area contributed by atoms with E-state index in [0.717, 1.165) is 0 Å². The normalized spacial score (nSPS) is 52.9. The van der Waals surface area contributed by atoms with E-state index in [1.54, 1.807) is 0 Å². The van der Waals surface area contributed by atoms with E-state index in [-0.39, 0.29) is 0 Å². The predicted molar refractivity (Wildman–Crippen MR) is 134 cm³/mol. The summed E-state index contributed by atoms with van der Waals surface area (Å²) in [4.78, 5) is 0. The van der Waals surface area contributed by atoms with Crippen LogP contribution in [0.25, 0.3) is 0 Å². The Hall–Kier alpha value is -0.840. The minimum absolute atomic E-state index is 0.802. The van der Waals surface area contributed by atoms with Gasteiger partial charge < -0.3 is 105 Å². The molecule has 0 aliphatic carbocycles. The lowest BCUT2D eigenvalue weighted by atomic mass is 9.95. The molecule has 4 rings (SSSR count). The molecule has 20 atom stereocenters. The van der Waals surface area contributed by atoms with Crippen molar-refractivity contribution in [1.82, 2.24) is 0 Å². The third-order valence-corrected chi connectivity index (χ3v) is 8.21. The van der Waals surface area contributed by atoms with Crippen molar-refractivity contribution in [2.75, 3.05) is 26.4 Å². The second kappa shape index (κ2) is 15.6. The van der Waals surface area contributed by atoms with Crippen LogP contribution in [0.15, 0.2) is 0 Å². The Balaban J connectivity index is 1.53. The summed E-state index contributed by atoms with van der Waals surface area (Å²) >= 11 is 0. The zero-order valence-corrected chi connectivity index (χ0v) is 23.5. The predicted octanol–water partition coefficient (Wildman–Crippen LogP) is -9.75. The highest BCUT2D eigenvalue weighted by atomic mass is 16.8. The molecule has 4 aliphatic rings. The molecule has 0 radical (unpaired) electrons. The Morgan fingerprint density at radius 3 is 1.02 bits per heavy atom. The van der Waals surface area contributed by atoms with Crippen molar-refractivity contribution in [3.05, 3.63) is 0 Å². The summed E-state index contributed by atoms with van der Waals surface area (Å²) in [6, 6.07) is 0. The highest BCUT2D eigenvalue weighted by Crippen LogP contribution is 2.34. The summed E-state index contributed by atoms with van der Waals surface area (Å²) in [7, 11) is 0. The van der Waals surface area contributed by atoms with Gasteiger partial charge in [0.05, 0.1) is 26.4 Å². The van der Waals surface area contributed by atoms with Crippen LogP contribution in [0.5, 0.6) is 0 Å². The molecule has 4 heterocycles. The molecule has 45 heavy (non-hydrogen) atoms. The summed E-state index contributed by atoms with van der Waals surface area (Å²) in [5.74, 6) is 0. The Morgan fingerprint density at radius 2 is 0.644 bits per heavy atom. The molecular formula is C24H42O21. The molecule has 0 amide bonds. The molecule has 21 heteroatoms. The van der Waals surface area contributed by atoms with Crippen LogP contribution < -0.4 is 0 Å². The lowest BCUT2D eigenvalue weighted by Crippen LogP contribution is -2.67. The highest BCUT2D eigenvalue weighted by molar-refractivity contribution is 4.97. The van der Waals surface area contributed by atoms with Gasteiger partial charge in [0.1, 0.15) is 97.7 Å². The minimum atomic E-state index is -2.05. The first-order valence-corrected chi connectivity index (χ1v) is 14.1. The first kappa shape index (κ1) is 37.0. The average molecular weight is 667 g/mol. The van der Waals surface area contributed by atoms with E-state index in [2.05, 4.69) is 0 Å². The lowest BCUT2D eigenvalue weighted by Gasteiger charge is -2.49. The second-order valence-corrected chi connectivity index (χ2v) is 11.1. The van der Waals surface area contributed by atoms with Gasteiger partial charge in [-0.05, 0) is 0 Å². The van der Waals surface area contributed by atoms with Gasteiger partial charge in [-0.3, -0.25) is 0 Å². The van der Waals surface area contributed by atoms with Gasteiger partial charge in [-0.15, -0.1) is 0 Å². The number of ether oxygens (including phenoxy) is 7. The Kier molecular flexibility index (Phi) is 12.8. The van der Waals surface area contributed by atoms with Gasteiger partial charge >= 0.3 is 0 Å². The lowest BCUT2D eigenvalue weighted by molar-refractivity contribution is -0.389. The van der Waals surface area contributed by atoms with Gasteiger partial charge in [0.15, 0.2) is 25.2 Å². The van der Waals surface area contributed by atoms with Crippen LogP contribution >= 0.6 is 0 Å². The van der Waals surface area contributed by atoms with E-state index in [9.17, 15) is 71.5 Å². The van der Waals surface area contributed by atoms with Crippen LogP contribution in [0.2, 0.25) is 0 Å². The molecule has 0 aromatic carbocycles. The van der Waals surface area contributed by atoms with Crippen LogP contribution in [0.1, 0.15) is 0 Å². The van der Waals surface area contributed by atoms with Gasteiger partial charge in [0.2, 0.25) is 0 Å².